The maximum Gasteiger partial charge on any atom is 0.259 e. The lowest BCUT2D eigenvalue weighted by Gasteiger charge is -2.06. The monoisotopic (exact) mass is 339 g/mol. The minimum atomic E-state index is -0.485. The number of nitrogens with one attached hydrogen (secondary N) is 2. The molecule has 0 saturated carbocycles. The molecule has 2 amide bonds. The zero-order valence-corrected chi connectivity index (χ0v) is 12.7. The number of furan rings is 1. The number of carbonyl (C=O) groups is 2. The molecule has 0 bridgehead atoms. The average molecular weight is 340 g/mol. The van der Waals surface area contributed by atoms with Crippen LogP contribution in [0.25, 0.3) is 0 Å². The summed E-state index contributed by atoms with van der Waals surface area (Å²) in [5.41, 5.74) is 2.49. The van der Waals surface area contributed by atoms with E-state index in [1.807, 2.05) is 0 Å². The van der Waals surface area contributed by atoms with E-state index in [9.17, 15) is 9.59 Å². The van der Waals surface area contributed by atoms with E-state index in [0.717, 1.165) is 0 Å². The van der Waals surface area contributed by atoms with Crippen LogP contribution in [0.4, 0.5) is 0 Å². The maximum absolute atomic E-state index is 11.9. The molecule has 0 aliphatic rings. The molecule has 1 aromatic heterocycles. The van der Waals surface area contributed by atoms with E-state index >= 15 is 0 Å². The smallest absolute Gasteiger partial charge is 0.259 e. The van der Waals surface area contributed by atoms with Crippen molar-refractivity contribution < 1.29 is 14.0 Å². The molecule has 2 N–H and O–H groups in total. The molecule has 0 aliphatic heterocycles. The van der Waals surface area contributed by atoms with Gasteiger partial charge in [-0.15, -0.1) is 0 Å². The minimum Gasteiger partial charge on any atom is -0.463 e. The molecule has 1 heterocycles. The second kappa shape index (κ2) is 7.63. The lowest BCUT2D eigenvalue weighted by Crippen LogP contribution is -2.35. The van der Waals surface area contributed by atoms with Crippen molar-refractivity contribution in [3.63, 3.8) is 0 Å². The molecule has 0 saturated heterocycles. The van der Waals surface area contributed by atoms with Gasteiger partial charge >= 0.3 is 0 Å². The van der Waals surface area contributed by atoms with Crippen molar-refractivity contribution in [2.45, 2.75) is 0 Å². The van der Waals surface area contributed by atoms with Gasteiger partial charge in [-0.3, -0.25) is 9.59 Å². The van der Waals surface area contributed by atoms with Crippen molar-refractivity contribution in [1.82, 2.24) is 10.7 Å². The summed E-state index contributed by atoms with van der Waals surface area (Å²) in [6, 6.07) is 7.84. The number of nitrogens with zero attached hydrogens (tertiary/aromatic N) is 1. The van der Waals surface area contributed by atoms with Gasteiger partial charge in [0.1, 0.15) is 5.76 Å². The fourth-order valence-electron chi connectivity index (χ4n) is 1.50. The average Bonchev–Trinajstić information content (AvgIpc) is 2.98. The Morgan fingerprint density at radius 1 is 1.27 bits per heavy atom. The van der Waals surface area contributed by atoms with Crippen molar-refractivity contribution in [2.75, 3.05) is 6.54 Å². The van der Waals surface area contributed by atoms with Gasteiger partial charge < -0.3 is 9.73 Å². The van der Waals surface area contributed by atoms with Gasteiger partial charge in [0.2, 0.25) is 0 Å². The van der Waals surface area contributed by atoms with Crippen molar-refractivity contribution >= 4 is 41.2 Å². The first kappa shape index (κ1) is 16.1. The molecule has 6 nitrogen and oxygen atoms in total. The minimum absolute atomic E-state index is 0.209. The molecule has 114 valence electrons. The van der Waals surface area contributed by atoms with Crippen LogP contribution in [0, 0.1) is 0 Å². The van der Waals surface area contributed by atoms with Gasteiger partial charge in [0, 0.05) is 5.02 Å². The Morgan fingerprint density at radius 2 is 2.09 bits per heavy atom. The Morgan fingerprint density at radius 3 is 2.77 bits per heavy atom. The summed E-state index contributed by atoms with van der Waals surface area (Å²) in [6.07, 6.45) is 2.83. The van der Waals surface area contributed by atoms with E-state index in [0.29, 0.717) is 10.8 Å². The van der Waals surface area contributed by atoms with E-state index < -0.39 is 11.8 Å². The quantitative estimate of drug-likeness (QED) is 0.648. The van der Waals surface area contributed by atoms with Crippen LogP contribution in [0.1, 0.15) is 16.1 Å². The topological polar surface area (TPSA) is 83.7 Å². The molecular formula is C14H11Cl2N3O3. The molecule has 8 heteroatoms. The predicted octanol–water partition coefficient (Wildman–Crippen LogP) is 2.47. The summed E-state index contributed by atoms with van der Waals surface area (Å²) in [4.78, 5) is 23.4. The van der Waals surface area contributed by atoms with Crippen molar-refractivity contribution in [3.8, 4) is 0 Å². The van der Waals surface area contributed by atoms with E-state index in [-0.39, 0.29) is 17.1 Å². The zero-order chi connectivity index (χ0) is 15.9. The SMILES string of the molecule is O=C(CNC(=O)c1ccc(Cl)cc1Cl)N/N=C\c1ccco1. The van der Waals surface area contributed by atoms with Crippen LogP contribution in [0.5, 0.6) is 0 Å². The van der Waals surface area contributed by atoms with Gasteiger partial charge in [-0.1, -0.05) is 23.2 Å². The molecule has 0 radical (unpaired) electrons. The molecule has 0 fully saturated rings. The Labute approximate surface area is 136 Å². The molecule has 22 heavy (non-hydrogen) atoms. The molecule has 1 aromatic carbocycles. The highest BCUT2D eigenvalue weighted by molar-refractivity contribution is 6.36. The lowest BCUT2D eigenvalue weighted by molar-refractivity contribution is -0.120. The second-order valence-electron chi connectivity index (χ2n) is 4.12. The third kappa shape index (κ3) is 4.61. The number of benzene rings is 1. The maximum atomic E-state index is 11.9. The molecule has 2 rings (SSSR count). The molecular weight excluding hydrogens is 329 g/mol. The van der Waals surface area contributed by atoms with Gasteiger partial charge in [-0.05, 0) is 30.3 Å². The molecule has 0 aliphatic carbocycles. The fraction of sp³-hybridized carbons (Fsp3) is 0.0714. The molecule has 2 aromatic rings. The summed E-state index contributed by atoms with van der Waals surface area (Å²) in [5, 5.41) is 6.74. The predicted molar refractivity (Wildman–Crippen MR) is 83.2 cm³/mol. The largest absolute Gasteiger partial charge is 0.463 e. The van der Waals surface area contributed by atoms with Crippen LogP contribution in [0.2, 0.25) is 10.0 Å². The standard InChI is InChI=1S/C14H11Cl2N3O3/c15-9-3-4-11(12(16)6-9)14(21)17-8-13(20)19-18-7-10-2-1-5-22-10/h1-7H,8H2,(H,17,21)(H,19,20)/b18-7-. The Balaban J connectivity index is 1.81. The third-order valence-corrected chi connectivity index (χ3v) is 3.06. The fourth-order valence-corrected chi connectivity index (χ4v) is 2.00. The summed E-state index contributed by atoms with van der Waals surface area (Å²) in [5.74, 6) is -0.467. The van der Waals surface area contributed by atoms with Gasteiger partial charge in [0.25, 0.3) is 11.8 Å². The summed E-state index contributed by atoms with van der Waals surface area (Å²) in [6.45, 7) is -0.243. The Bertz CT molecular complexity index is 699. The van der Waals surface area contributed by atoms with E-state index in [1.54, 1.807) is 12.1 Å². The van der Waals surface area contributed by atoms with Crippen LogP contribution < -0.4 is 10.7 Å². The van der Waals surface area contributed by atoms with E-state index in [2.05, 4.69) is 15.8 Å². The highest BCUT2D eigenvalue weighted by atomic mass is 35.5. The first-order valence-electron chi connectivity index (χ1n) is 6.15. The summed E-state index contributed by atoms with van der Waals surface area (Å²) >= 11 is 11.6. The number of halogens is 2. The summed E-state index contributed by atoms with van der Waals surface area (Å²) < 4.78 is 5.00. The van der Waals surface area contributed by atoms with Gasteiger partial charge in [-0.2, -0.15) is 5.10 Å². The number of hydrogen-bond acceptors (Lipinski definition) is 4. The first-order chi connectivity index (χ1) is 10.6. The third-order valence-electron chi connectivity index (χ3n) is 2.51. The number of hydrazone groups is 1. The number of hydrogen-bond donors (Lipinski definition) is 2. The summed E-state index contributed by atoms with van der Waals surface area (Å²) in [7, 11) is 0. The van der Waals surface area contributed by atoms with Crippen molar-refractivity contribution in [1.29, 1.82) is 0 Å². The highest BCUT2D eigenvalue weighted by Gasteiger charge is 2.11. The van der Waals surface area contributed by atoms with Gasteiger partial charge in [-0.25, -0.2) is 5.43 Å². The van der Waals surface area contributed by atoms with Crippen LogP contribution in [0.15, 0.2) is 46.1 Å². The lowest BCUT2D eigenvalue weighted by atomic mass is 10.2. The number of carbonyl (C=O) groups excluding carboxylic acids is 2. The first-order valence-corrected chi connectivity index (χ1v) is 6.90. The van der Waals surface area contributed by atoms with Gasteiger partial charge in [0.05, 0.1) is 29.6 Å². The van der Waals surface area contributed by atoms with Crippen molar-refractivity contribution in [2.24, 2.45) is 5.10 Å². The molecule has 0 spiro atoms. The molecule has 0 unspecified atom stereocenters. The number of amides is 2. The van der Waals surface area contributed by atoms with Crippen LogP contribution in [-0.2, 0) is 4.79 Å². The van der Waals surface area contributed by atoms with E-state index in [4.69, 9.17) is 27.6 Å². The molecule has 0 atom stereocenters. The van der Waals surface area contributed by atoms with Crippen LogP contribution >= 0.6 is 23.2 Å². The van der Waals surface area contributed by atoms with Crippen LogP contribution in [-0.4, -0.2) is 24.6 Å². The zero-order valence-electron chi connectivity index (χ0n) is 11.2. The van der Waals surface area contributed by atoms with Gasteiger partial charge in [0.15, 0.2) is 0 Å². The Hall–Kier alpha value is -2.31. The second-order valence-corrected chi connectivity index (χ2v) is 4.96. The highest BCUT2D eigenvalue weighted by Crippen LogP contribution is 2.20. The normalized spacial score (nSPS) is 10.6. The van der Waals surface area contributed by atoms with Crippen molar-refractivity contribution in [3.05, 3.63) is 58.0 Å². The Kier molecular flexibility index (Phi) is 5.57. The van der Waals surface area contributed by atoms with E-state index in [1.165, 1.54) is 30.7 Å². The van der Waals surface area contributed by atoms with Crippen LogP contribution in [0.3, 0.4) is 0 Å². The number of rotatable bonds is 5.